The Kier molecular flexibility index (Phi) is 8.03. The summed E-state index contributed by atoms with van der Waals surface area (Å²) in [5.74, 6) is -12.8. The minimum absolute atomic E-state index is 0.121. The molecule has 0 fully saturated rings. The Balaban J connectivity index is 2.38. The third-order valence-electron chi connectivity index (χ3n) is 3.47. The van der Waals surface area contributed by atoms with E-state index >= 15 is 0 Å². The second kappa shape index (κ2) is 9.15. The Morgan fingerprint density at radius 3 is 1.47 bits per heavy atom. The molecule has 0 unspecified atom stereocenters. The second-order valence-electron chi connectivity index (χ2n) is 5.64. The molecule has 0 aliphatic carbocycles. The van der Waals surface area contributed by atoms with Gasteiger partial charge in [0.05, 0.1) is 0 Å². The Morgan fingerprint density at radius 1 is 0.633 bits per heavy atom. The molecule has 0 bridgehead atoms. The largest absolute Gasteiger partial charge is 0.389 e. The van der Waals surface area contributed by atoms with E-state index in [1.807, 2.05) is 0 Å². The van der Waals surface area contributed by atoms with Crippen molar-refractivity contribution in [3.8, 4) is 0 Å². The summed E-state index contributed by atoms with van der Waals surface area (Å²) in [6, 6.07) is 6.44. The van der Waals surface area contributed by atoms with Gasteiger partial charge in [0.15, 0.2) is 0 Å². The number of rotatable bonds is 7. The minimum Gasteiger partial charge on any atom is -0.191 e. The predicted molar refractivity (Wildman–Crippen MR) is 113 cm³/mol. The summed E-state index contributed by atoms with van der Waals surface area (Å²) in [4.78, 5) is -1.22. The van der Waals surface area contributed by atoms with Crippen LogP contribution in [0.2, 0.25) is 0 Å². The highest BCUT2D eigenvalue weighted by molar-refractivity contribution is 9.11. The summed E-state index contributed by atoms with van der Waals surface area (Å²) >= 11 is 6.81. The molecule has 0 aromatic heterocycles. The van der Waals surface area contributed by atoms with E-state index in [9.17, 15) is 35.1 Å². The average Bonchev–Trinajstić information content (AvgIpc) is 2.59. The molecule has 0 aliphatic rings. The Bertz CT molecular complexity index is 867. The van der Waals surface area contributed by atoms with Crippen molar-refractivity contribution in [2.45, 2.75) is 32.1 Å². The van der Waals surface area contributed by atoms with Crippen LogP contribution in [0.15, 0.2) is 59.6 Å². The summed E-state index contributed by atoms with van der Waals surface area (Å²) in [5.41, 5.74) is -0.423. The van der Waals surface area contributed by atoms with Crippen molar-refractivity contribution in [1.82, 2.24) is 0 Å². The zero-order valence-corrected chi connectivity index (χ0v) is 20.4. The van der Waals surface area contributed by atoms with Crippen molar-refractivity contribution in [3.63, 3.8) is 0 Å². The van der Waals surface area contributed by atoms with E-state index in [-0.39, 0.29) is 4.47 Å². The molecule has 0 atom stereocenters. The van der Waals surface area contributed by atoms with Gasteiger partial charge in [-0.1, -0.05) is 43.4 Å². The van der Waals surface area contributed by atoms with E-state index in [0.717, 1.165) is 24.3 Å². The normalized spacial score (nSPS) is 13.6. The molecule has 2 rings (SSSR count). The number of alkyl halides is 8. The number of benzene rings is 2. The van der Waals surface area contributed by atoms with E-state index < -0.39 is 61.1 Å². The zero-order chi connectivity index (χ0) is 23.1. The molecule has 30 heavy (non-hydrogen) atoms. The maximum atomic E-state index is 14.2. The quantitative estimate of drug-likeness (QED) is 0.167. The fraction of sp³-hybridized carbons (Fsp3) is 0.250. The van der Waals surface area contributed by atoms with E-state index in [4.69, 9.17) is 7.85 Å². The van der Waals surface area contributed by atoms with Gasteiger partial charge >= 0.3 is 22.4 Å². The van der Waals surface area contributed by atoms with Crippen LogP contribution in [0.25, 0.3) is 0 Å². The Morgan fingerprint density at radius 2 is 1.03 bits per heavy atom. The lowest BCUT2D eigenvalue weighted by Crippen LogP contribution is -2.60. The molecule has 0 nitrogen and oxygen atoms in total. The van der Waals surface area contributed by atoms with Gasteiger partial charge < -0.3 is 0 Å². The third-order valence-corrected chi connectivity index (χ3v) is 7.57. The standard InChI is InChI=1S/C16H6BBr3F8S2/c17-9-5-7(18)1-3-11(9)29-15(25,26)13(21,22)14(23,24)16(27,28)30-12-4-2-8(19)6-10(12)20/h1-6H. The molecule has 162 valence electrons. The molecule has 0 N–H and O–H groups in total. The van der Waals surface area contributed by atoms with Crippen LogP contribution in [0.3, 0.4) is 0 Å². The van der Waals surface area contributed by atoms with Gasteiger partial charge in [0, 0.05) is 23.2 Å². The van der Waals surface area contributed by atoms with Crippen LogP contribution in [0, 0.1) is 0 Å². The fourth-order valence-electron chi connectivity index (χ4n) is 1.94. The highest BCUT2D eigenvalue weighted by Gasteiger charge is 2.81. The highest BCUT2D eigenvalue weighted by atomic mass is 79.9. The van der Waals surface area contributed by atoms with Gasteiger partial charge in [-0.05, 0) is 69.8 Å². The summed E-state index contributed by atoms with van der Waals surface area (Å²) in [7, 11) is 5.42. The van der Waals surface area contributed by atoms with Gasteiger partial charge in [-0.3, -0.25) is 0 Å². The molecule has 0 spiro atoms. The maximum absolute atomic E-state index is 14.2. The molecule has 2 radical (unpaired) electrons. The van der Waals surface area contributed by atoms with Gasteiger partial charge in [0.2, 0.25) is 0 Å². The zero-order valence-electron chi connectivity index (χ0n) is 14.0. The van der Waals surface area contributed by atoms with Crippen LogP contribution >= 0.6 is 71.3 Å². The molecule has 0 saturated carbocycles. The summed E-state index contributed by atoms with van der Waals surface area (Å²) < 4.78 is 114. The third kappa shape index (κ3) is 5.18. The van der Waals surface area contributed by atoms with Crippen molar-refractivity contribution >= 4 is 84.6 Å². The van der Waals surface area contributed by atoms with Crippen molar-refractivity contribution in [2.24, 2.45) is 0 Å². The first-order valence-electron chi connectivity index (χ1n) is 7.41. The summed E-state index contributed by atoms with van der Waals surface area (Å²) in [6.45, 7) is 0. The fourth-order valence-corrected chi connectivity index (χ4v) is 5.28. The molecular formula is C16H6BBr3F8S2. The SMILES string of the molecule is [B]c1cc(Br)ccc1SC(F)(F)C(F)(F)C(F)(F)C(F)(F)Sc1ccc(Br)cc1Br. The lowest BCUT2D eigenvalue weighted by molar-refractivity contribution is -0.322. The topological polar surface area (TPSA) is 0 Å². The van der Waals surface area contributed by atoms with Gasteiger partial charge in [0.1, 0.15) is 7.85 Å². The van der Waals surface area contributed by atoms with Crippen molar-refractivity contribution in [1.29, 1.82) is 0 Å². The smallest absolute Gasteiger partial charge is 0.191 e. The van der Waals surface area contributed by atoms with E-state index in [0.29, 0.717) is 8.95 Å². The first kappa shape index (κ1) is 26.3. The minimum atomic E-state index is -6.43. The molecule has 2 aromatic carbocycles. The predicted octanol–water partition coefficient (Wildman–Crippen LogP) is 8.11. The lowest BCUT2D eigenvalue weighted by atomic mass is 9.97. The maximum Gasteiger partial charge on any atom is 0.389 e. The number of hydrogen-bond donors (Lipinski definition) is 0. The van der Waals surface area contributed by atoms with Crippen molar-refractivity contribution in [3.05, 3.63) is 49.8 Å². The van der Waals surface area contributed by atoms with Gasteiger partial charge in [-0.15, -0.1) is 0 Å². The second-order valence-corrected chi connectivity index (χ2v) is 10.6. The van der Waals surface area contributed by atoms with E-state index in [1.165, 1.54) is 12.1 Å². The molecule has 0 amide bonds. The first-order chi connectivity index (χ1) is 13.5. The number of hydrogen-bond acceptors (Lipinski definition) is 2. The molecular weight excluding hydrogens is 659 g/mol. The van der Waals surface area contributed by atoms with Crippen LogP contribution in [0.4, 0.5) is 35.1 Å². The Hall–Kier alpha value is 0.0849. The van der Waals surface area contributed by atoms with Crippen LogP contribution in [-0.2, 0) is 0 Å². The van der Waals surface area contributed by atoms with E-state index in [1.54, 1.807) is 0 Å². The van der Waals surface area contributed by atoms with Gasteiger partial charge in [0.25, 0.3) is 0 Å². The number of thioether (sulfide) groups is 2. The molecule has 14 heteroatoms. The summed E-state index contributed by atoms with van der Waals surface area (Å²) in [5, 5.41) is -11.2. The van der Waals surface area contributed by atoms with Crippen LogP contribution in [-0.4, -0.2) is 30.2 Å². The van der Waals surface area contributed by atoms with Crippen LogP contribution in [0.1, 0.15) is 0 Å². The van der Waals surface area contributed by atoms with Crippen LogP contribution in [0.5, 0.6) is 0 Å². The van der Waals surface area contributed by atoms with Crippen molar-refractivity contribution in [2.75, 3.05) is 0 Å². The lowest BCUT2D eigenvalue weighted by Gasteiger charge is -2.36. The Labute approximate surface area is 200 Å². The van der Waals surface area contributed by atoms with Crippen molar-refractivity contribution < 1.29 is 35.1 Å². The molecule has 2 aromatic rings. The van der Waals surface area contributed by atoms with Gasteiger partial charge in [-0.25, -0.2) is 0 Å². The summed E-state index contributed by atoms with van der Waals surface area (Å²) in [6.07, 6.45) is 0. The molecule has 0 saturated heterocycles. The van der Waals surface area contributed by atoms with E-state index in [2.05, 4.69) is 47.8 Å². The van der Waals surface area contributed by atoms with Crippen LogP contribution < -0.4 is 5.46 Å². The first-order valence-corrected chi connectivity index (χ1v) is 11.4. The monoisotopic (exact) mass is 662 g/mol. The highest BCUT2D eigenvalue weighted by Crippen LogP contribution is 2.61. The molecule has 0 aliphatic heterocycles. The number of halogens is 11. The van der Waals surface area contributed by atoms with Gasteiger partial charge in [-0.2, -0.15) is 35.1 Å². The average molecular weight is 665 g/mol. The molecule has 0 heterocycles.